The van der Waals surface area contributed by atoms with Crippen LogP contribution in [0.3, 0.4) is 0 Å². The molecule has 6 heteroatoms. The van der Waals surface area contributed by atoms with Gasteiger partial charge in [0.05, 0.1) is 6.54 Å². The first-order valence-electron chi connectivity index (χ1n) is 7.20. The third kappa shape index (κ3) is 3.24. The number of nitrogens with one attached hydrogen (secondary N) is 1. The van der Waals surface area contributed by atoms with Gasteiger partial charge in [-0.2, -0.15) is 4.31 Å². The van der Waals surface area contributed by atoms with Crippen molar-refractivity contribution in [2.75, 3.05) is 6.54 Å². The van der Waals surface area contributed by atoms with E-state index in [0.717, 1.165) is 12.8 Å². The summed E-state index contributed by atoms with van der Waals surface area (Å²) in [5, 5.41) is 3.23. The topological polar surface area (TPSA) is 62.6 Å². The van der Waals surface area contributed by atoms with Crippen molar-refractivity contribution < 1.29 is 12.8 Å². The van der Waals surface area contributed by atoms with Gasteiger partial charge < -0.3 is 9.73 Å². The Morgan fingerprint density at radius 2 is 2.10 bits per heavy atom. The van der Waals surface area contributed by atoms with Crippen LogP contribution in [0, 0.1) is 6.92 Å². The van der Waals surface area contributed by atoms with Crippen LogP contribution in [0.25, 0.3) is 0 Å². The van der Waals surface area contributed by atoms with Crippen molar-refractivity contribution >= 4 is 10.0 Å². The van der Waals surface area contributed by atoms with Gasteiger partial charge in [0.25, 0.3) is 0 Å². The highest BCUT2D eigenvalue weighted by atomic mass is 32.2. The highest BCUT2D eigenvalue weighted by Gasteiger charge is 2.38. The minimum absolute atomic E-state index is 0.177. The zero-order valence-electron chi connectivity index (χ0n) is 12.6. The van der Waals surface area contributed by atoms with E-state index in [1.807, 2.05) is 20.8 Å². The summed E-state index contributed by atoms with van der Waals surface area (Å²) in [4.78, 5) is 0.312. The molecule has 1 aliphatic rings. The molecule has 1 aromatic heterocycles. The molecule has 114 valence electrons. The van der Waals surface area contributed by atoms with Gasteiger partial charge in [-0.25, -0.2) is 8.42 Å². The van der Waals surface area contributed by atoms with Crippen LogP contribution in [0.15, 0.2) is 15.4 Å². The lowest BCUT2D eigenvalue weighted by Gasteiger charge is -2.19. The number of hydrogen-bond donors (Lipinski definition) is 1. The minimum Gasteiger partial charge on any atom is -0.464 e. The molecule has 2 rings (SSSR count). The Labute approximate surface area is 121 Å². The standard InChI is InChI=1S/C14H24N2O3S/c1-5-16(12-6-7-12)20(17,18)14-8-13(19-11(14)4)9-15-10(2)3/h8,10,12,15H,5-7,9H2,1-4H3. The Kier molecular flexibility index (Phi) is 4.56. The van der Waals surface area contributed by atoms with Crippen molar-refractivity contribution in [2.24, 2.45) is 0 Å². The Morgan fingerprint density at radius 1 is 1.45 bits per heavy atom. The Bertz CT molecular complexity index is 559. The summed E-state index contributed by atoms with van der Waals surface area (Å²) in [6.07, 6.45) is 1.93. The monoisotopic (exact) mass is 300 g/mol. The maximum atomic E-state index is 12.7. The number of furan rings is 1. The summed E-state index contributed by atoms with van der Waals surface area (Å²) in [6, 6.07) is 2.17. The van der Waals surface area contributed by atoms with Gasteiger partial charge >= 0.3 is 0 Å². The van der Waals surface area contributed by atoms with Gasteiger partial charge in [-0.05, 0) is 19.8 Å². The number of hydrogen-bond acceptors (Lipinski definition) is 4. The smallest absolute Gasteiger partial charge is 0.246 e. The van der Waals surface area contributed by atoms with Crippen LogP contribution in [0.5, 0.6) is 0 Å². The van der Waals surface area contributed by atoms with Crippen molar-refractivity contribution in [1.29, 1.82) is 0 Å². The molecule has 0 unspecified atom stereocenters. The molecular weight excluding hydrogens is 276 g/mol. The van der Waals surface area contributed by atoms with Crippen LogP contribution < -0.4 is 5.32 Å². The van der Waals surface area contributed by atoms with Gasteiger partial charge in [0.1, 0.15) is 16.4 Å². The van der Waals surface area contributed by atoms with E-state index < -0.39 is 10.0 Å². The maximum Gasteiger partial charge on any atom is 0.246 e. The maximum absolute atomic E-state index is 12.7. The molecule has 1 fully saturated rings. The van der Waals surface area contributed by atoms with Crippen molar-refractivity contribution in [3.05, 3.63) is 17.6 Å². The molecule has 20 heavy (non-hydrogen) atoms. The fraction of sp³-hybridized carbons (Fsp3) is 0.714. The fourth-order valence-corrected chi connectivity index (χ4v) is 4.17. The summed E-state index contributed by atoms with van der Waals surface area (Å²) in [6.45, 7) is 8.73. The second-order valence-electron chi connectivity index (χ2n) is 5.61. The summed E-state index contributed by atoms with van der Waals surface area (Å²) in [7, 11) is -3.42. The normalized spacial score (nSPS) is 16.3. The van der Waals surface area contributed by atoms with Crippen LogP contribution in [0.2, 0.25) is 0 Å². The van der Waals surface area contributed by atoms with Crippen LogP contribution in [-0.2, 0) is 16.6 Å². The Morgan fingerprint density at radius 3 is 2.60 bits per heavy atom. The third-order valence-electron chi connectivity index (χ3n) is 3.46. The second-order valence-corrected chi connectivity index (χ2v) is 7.47. The molecule has 1 aromatic rings. The van der Waals surface area contributed by atoms with E-state index in [1.165, 1.54) is 0 Å². The molecule has 0 atom stereocenters. The van der Waals surface area contributed by atoms with Crippen molar-refractivity contribution in [3.8, 4) is 0 Å². The molecule has 0 saturated heterocycles. The highest BCUT2D eigenvalue weighted by molar-refractivity contribution is 7.89. The zero-order chi connectivity index (χ0) is 14.9. The van der Waals surface area contributed by atoms with Gasteiger partial charge in [-0.3, -0.25) is 0 Å². The second kappa shape index (κ2) is 5.87. The average Bonchev–Trinajstić information content (AvgIpc) is 3.09. The lowest BCUT2D eigenvalue weighted by molar-refractivity contribution is 0.416. The summed E-state index contributed by atoms with van der Waals surface area (Å²) >= 11 is 0. The van der Waals surface area contributed by atoms with E-state index in [4.69, 9.17) is 4.42 Å². The quantitative estimate of drug-likeness (QED) is 0.839. The van der Waals surface area contributed by atoms with Crippen molar-refractivity contribution in [1.82, 2.24) is 9.62 Å². The van der Waals surface area contributed by atoms with Gasteiger partial charge in [0, 0.05) is 24.7 Å². The lowest BCUT2D eigenvalue weighted by Crippen LogP contribution is -2.33. The van der Waals surface area contributed by atoms with Gasteiger partial charge in [-0.15, -0.1) is 0 Å². The Balaban J connectivity index is 2.22. The molecule has 0 aromatic carbocycles. The van der Waals surface area contributed by atoms with E-state index in [9.17, 15) is 8.42 Å². The molecule has 5 nitrogen and oxygen atoms in total. The molecule has 0 spiro atoms. The number of rotatable bonds is 7. The average molecular weight is 300 g/mol. The molecule has 1 saturated carbocycles. The first-order valence-corrected chi connectivity index (χ1v) is 8.64. The molecule has 0 bridgehead atoms. The first-order chi connectivity index (χ1) is 9.36. The van der Waals surface area contributed by atoms with Crippen LogP contribution in [0.4, 0.5) is 0 Å². The van der Waals surface area contributed by atoms with Crippen LogP contribution in [-0.4, -0.2) is 31.4 Å². The highest BCUT2D eigenvalue weighted by Crippen LogP contribution is 2.33. The summed E-state index contributed by atoms with van der Waals surface area (Å²) in [5.74, 6) is 1.14. The molecule has 1 N–H and O–H groups in total. The zero-order valence-corrected chi connectivity index (χ0v) is 13.5. The number of nitrogens with zero attached hydrogens (tertiary/aromatic N) is 1. The number of sulfonamides is 1. The van der Waals surface area contributed by atoms with Crippen molar-refractivity contribution in [3.63, 3.8) is 0 Å². The van der Waals surface area contributed by atoms with E-state index >= 15 is 0 Å². The lowest BCUT2D eigenvalue weighted by atomic mass is 10.3. The molecule has 1 aliphatic carbocycles. The molecular formula is C14H24N2O3S. The molecule has 1 heterocycles. The van der Waals surface area contributed by atoms with E-state index in [-0.39, 0.29) is 6.04 Å². The predicted octanol–water partition coefficient (Wildman–Crippen LogP) is 2.26. The van der Waals surface area contributed by atoms with E-state index in [2.05, 4.69) is 5.32 Å². The molecule has 0 aliphatic heterocycles. The van der Waals surface area contributed by atoms with Crippen LogP contribution in [0.1, 0.15) is 45.1 Å². The largest absolute Gasteiger partial charge is 0.464 e. The Hall–Kier alpha value is -0.850. The van der Waals surface area contributed by atoms with E-state index in [1.54, 1.807) is 17.3 Å². The summed E-state index contributed by atoms with van der Waals surface area (Å²) < 4.78 is 32.5. The minimum atomic E-state index is -3.42. The first kappa shape index (κ1) is 15.5. The van der Waals surface area contributed by atoms with Gasteiger partial charge in [0.15, 0.2) is 0 Å². The third-order valence-corrected chi connectivity index (χ3v) is 5.60. The fourth-order valence-electron chi connectivity index (χ4n) is 2.29. The predicted molar refractivity (Wildman–Crippen MR) is 78.0 cm³/mol. The molecule has 0 amide bonds. The SMILES string of the molecule is CCN(C1CC1)S(=O)(=O)c1cc(CNC(C)C)oc1C. The molecule has 0 radical (unpaired) electrons. The summed E-state index contributed by atoms with van der Waals surface area (Å²) in [5.41, 5.74) is 0. The van der Waals surface area contributed by atoms with Crippen molar-refractivity contribution in [2.45, 2.75) is 64.1 Å². The van der Waals surface area contributed by atoms with Gasteiger partial charge in [0.2, 0.25) is 10.0 Å². The number of aryl methyl sites for hydroxylation is 1. The van der Waals surface area contributed by atoms with E-state index in [0.29, 0.717) is 35.5 Å². The van der Waals surface area contributed by atoms with Gasteiger partial charge in [-0.1, -0.05) is 20.8 Å². The van der Waals surface area contributed by atoms with Crippen LogP contribution >= 0.6 is 0 Å².